The fourth-order valence-electron chi connectivity index (χ4n) is 12.6. The molecule has 0 aliphatic carbocycles. The molecule has 0 saturated heterocycles. The predicted octanol–water partition coefficient (Wildman–Crippen LogP) is 16.3. The SMILES string of the molecule is Nc1ccc(N2C(=O)c3cccc4c(/C=C/c5ccc(N(c6ccc(/C=C/c7ccc8c9c(cccc79)C(=O)N(c7ccc(N)cc7)C8=O)cc6)c6ccc(/C=C/c7ccc8c9c(cccc79)C(=O)N(c7ccc(N)cc7)C8=O)cc6)cc5)ccc(c34)C2=O)cc1. The first kappa shape index (κ1) is 54.9. The molecule has 12 aromatic carbocycles. The lowest BCUT2D eigenvalue weighted by Gasteiger charge is -2.27. The average Bonchev–Trinajstić information content (AvgIpc) is 0.835. The minimum Gasteiger partial charge on any atom is -0.399 e. The summed E-state index contributed by atoms with van der Waals surface area (Å²) in [5.74, 6) is -2.39. The molecule has 0 saturated carbocycles. The third kappa shape index (κ3) is 9.44. The zero-order chi connectivity index (χ0) is 62.2. The summed E-state index contributed by atoms with van der Waals surface area (Å²) in [5, 5.41) is 4.21. The quantitative estimate of drug-likeness (QED) is 0.0602. The van der Waals surface area contributed by atoms with Gasteiger partial charge in [-0.25, -0.2) is 14.7 Å². The van der Waals surface area contributed by atoms with Crippen molar-refractivity contribution >= 4 is 155 Å². The molecule has 0 unspecified atom stereocenters. The van der Waals surface area contributed by atoms with Gasteiger partial charge in [0.05, 0.1) is 17.1 Å². The minimum absolute atomic E-state index is 0.398. The van der Waals surface area contributed by atoms with Crippen LogP contribution in [0.15, 0.2) is 237 Å². The molecule has 0 atom stereocenters. The summed E-state index contributed by atoms with van der Waals surface area (Å²) < 4.78 is 0. The second kappa shape index (κ2) is 21.9. The Kier molecular flexibility index (Phi) is 13.2. The van der Waals surface area contributed by atoms with E-state index < -0.39 is 35.4 Å². The number of anilines is 9. The van der Waals surface area contributed by atoms with E-state index in [4.69, 9.17) is 17.2 Å². The van der Waals surface area contributed by atoms with E-state index in [1.54, 1.807) is 109 Å². The highest BCUT2D eigenvalue weighted by Gasteiger charge is 2.37. The van der Waals surface area contributed by atoms with Crippen molar-refractivity contribution in [3.8, 4) is 0 Å². The van der Waals surface area contributed by atoms with Crippen LogP contribution in [0, 0.1) is 0 Å². The summed E-state index contributed by atoms with van der Waals surface area (Å²) in [6, 6.07) is 72.3. The number of rotatable bonds is 12. The highest BCUT2D eigenvalue weighted by Crippen LogP contribution is 2.41. The van der Waals surface area contributed by atoms with Gasteiger partial charge in [-0.15, -0.1) is 0 Å². The second-order valence-electron chi connectivity index (χ2n) is 22.5. The van der Waals surface area contributed by atoms with E-state index in [1.807, 2.05) is 127 Å². The highest BCUT2D eigenvalue weighted by molar-refractivity contribution is 6.38. The summed E-state index contributed by atoms with van der Waals surface area (Å²) in [5.41, 5.74) is 31.3. The molecule has 3 aliphatic heterocycles. The van der Waals surface area contributed by atoms with Crippen LogP contribution in [-0.2, 0) is 0 Å². The van der Waals surface area contributed by atoms with Crippen LogP contribution in [0.4, 0.5) is 51.2 Å². The van der Waals surface area contributed by atoms with Crippen LogP contribution in [0.5, 0.6) is 0 Å². The number of amides is 6. The van der Waals surface area contributed by atoms with Gasteiger partial charge >= 0.3 is 0 Å². The third-order valence-electron chi connectivity index (χ3n) is 17.1. The molecule has 6 amide bonds. The molecule has 0 radical (unpaired) electrons. The molecule has 6 N–H and O–H groups in total. The molecule has 12 aromatic rings. The molecule has 3 aliphatic rings. The van der Waals surface area contributed by atoms with Crippen molar-refractivity contribution in [1.82, 2.24) is 0 Å². The van der Waals surface area contributed by atoms with Crippen molar-refractivity contribution in [2.45, 2.75) is 0 Å². The maximum atomic E-state index is 13.9. The first-order valence-corrected chi connectivity index (χ1v) is 29.4. The fraction of sp³-hybridized carbons (Fsp3) is 0. The lowest BCUT2D eigenvalue weighted by Crippen LogP contribution is -2.40. The van der Waals surface area contributed by atoms with Gasteiger partial charge in [-0.05, 0) is 195 Å². The number of carbonyl (C=O) groups excluding carboxylic acids is 6. The van der Waals surface area contributed by atoms with E-state index in [0.29, 0.717) is 83.7 Å². The predicted molar refractivity (Wildman–Crippen MR) is 366 cm³/mol. The Morgan fingerprint density at radius 1 is 0.253 bits per heavy atom. The number of hydrogen-bond donors (Lipinski definition) is 3. The van der Waals surface area contributed by atoms with Crippen molar-refractivity contribution in [2.24, 2.45) is 0 Å². The van der Waals surface area contributed by atoms with Gasteiger partial charge in [0.2, 0.25) is 0 Å². The monoisotopic (exact) mass is 1180 g/mol. The van der Waals surface area contributed by atoms with Crippen molar-refractivity contribution < 1.29 is 28.8 Å². The number of nitrogens with two attached hydrogens (primary N) is 3. The van der Waals surface area contributed by atoms with Gasteiger partial charge in [0.15, 0.2) is 0 Å². The molecule has 434 valence electrons. The first-order chi connectivity index (χ1) is 44.3. The van der Waals surface area contributed by atoms with Crippen LogP contribution in [0.2, 0.25) is 0 Å². The topological polar surface area (TPSA) is 193 Å². The van der Waals surface area contributed by atoms with Crippen LogP contribution in [0.25, 0.3) is 68.8 Å². The molecule has 0 aromatic heterocycles. The van der Waals surface area contributed by atoms with E-state index in [2.05, 4.69) is 41.3 Å². The summed E-state index contributed by atoms with van der Waals surface area (Å²) in [7, 11) is 0. The third-order valence-corrected chi connectivity index (χ3v) is 17.1. The van der Waals surface area contributed by atoms with Crippen molar-refractivity contribution in [3.05, 3.63) is 303 Å². The number of nitrogens with zero attached hydrogens (tertiary/aromatic N) is 4. The molecule has 0 spiro atoms. The Morgan fingerprint density at radius 2 is 0.495 bits per heavy atom. The number of carbonyl (C=O) groups is 6. The second-order valence-corrected chi connectivity index (χ2v) is 22.5. The molecule has 0 bridgehead atoms. The van der Waals surface area contributed by atoms with Crippen LogP contribution in [-0.4, -0.2) is 35.4 Å². The number of benzene rings is 12. The molecule has 13 heteroatoms. The highest BCUT2D eigenvalue weighted by atomic mass is 16.2. The summed E-state index contributed by atoms with van der Waals surface area (Å²) >= 11 is 0. The zero-order valence-electron chi connectivity index (χ0n) is 48.5. The zero-order valence-corrected chi connectivity index (χ0v) is 48.5. The largest absolute Gasteiger partial charge is 0.399 e. The lowest BCUT2D eigenvalue weighted by atomic mass is 9.90. The Bertz CT molecular complexity index is 4610. The van der Waals surface area contributed by atoms with E-state index in [0.717, 1.165) is 66.6 Å². The Balaban J connectivity index is 0.731. The first-order valence-electron chi connectivity index (χ1n) is 29.4. The van der Waals surface area contributed by atoms with E-state index >= 15 is 0 Å². The molecular weight excluding hydrogens is 1130 g/mol. The molecule has 3 heterocycles. The van der Waals surface area contributed by atoms with E-state index in [9.17, 15) is 28.8 Å². The van der Waals surface area contributed by atoms with Crippen LogP contribution in [0.1, 0.15) is 95.5 Å². The molecule has 91 heavy (non-hydrogen) atoms. The van der Waals surface area contributed by atoms with E-state index in [-0.39, 0.29) is 0 Å². The standard InChI is InChI=1S/C78H51N7O6/c79-52-25-37-58(38-26-52)83-73(86)64-7-1-4-61-49(22-43-67(70(61)64)76(83)89)19-10-46-13-31-55(32-14-46)82(56-33-15-47(16-34-56)11-20-50-23-44-68-71-62(50)5-2-8-65(71)74(87)84(77(68)90)59-39-27-53(80)28-40-59)57-35-17-48(18-36-57)12-21-51-24-45-69-72-63(51)6-3-9-66(72)75(88)85(78(69)91)60-41-29-54(81)30-42-60/h1-45H,79-81H2/b19-10+,20-11+,21-12+. The van der Waals surface area contributed by atoms with Gasteiger partial charge in [-0.1, -0.05) is 127 Å². The fourth-order valence-corrected chi connectivity index (χ4v) is 12.6. The van der Waals surface area contributed by atoms with Gasteiger partial charge < -0.3 is 22.1 Å². The molecule has 15 rings (SSSR count). The summed E-state index contributed by atoms with van der Waals surface area (Å²) in [4.78, 5) is 89.5. The minimum atomic E-state index is -0.398. The van der Waals surface area contributed by atoms with Crippen LogP contribution < -0.4 is 36.8 Å². The van der Waals surface area contributed by atoms with Crippen LogP contribution >= 0.6 is 0 Å². The summed E-state index contributed by atoms with van der Waals surface area (Å²) in [6.45, 7) is 0. The molecule has 13 nitrogen and oxygen atoms in total. The van der Waals surface area contributed by atoms with Gasteiger partial charge in [0, 0.05) is 83.7 Å². The normalized spacial score (nSPS) is 13.8. The maximum absolute atomic E-state index is 13.9. The van der Waals surface area contributed by atoms with Crippen molar-refractivity contribution in [2.75, 3.05) is 36.8 Å². The summed E-state index contributed by atoms with van der Waals surface area (Å²) in [6.07, 6.45) is 12.0. The average molecular weight is 1180 g/mol. The number of imide groups is 3. The molecular formula is C78H51N7O6. The van der Waals surface area contributed by atoms with Gasteiger partial charge in [0.1, 0.15) is 0 Å². The van der Waals surface area contributed by atoms with Gasteiger partial charge in [-0.3, -0.25) is 28.8 Å². The van der Waals surface area contributed by atoms with E-state index in [1.165, 1.54) is 14.7 Å². The maximum Gasteiger partial charge on any atom is 0.265 e. The number of nitrogen functional groups attached to an aromatic ring is 3. The molecule has 0 fully saturated rings. The van der Waals surface area contributed by atoms with Crippen LogP contribution in [0.3, 0.4) is 0 Å². The Hall–Kier alpha value is -12.7. The van der Waals surface area contributed by atoms with Gasteiger partial charge in [0.25, 0.3) is 35.4 Å². The Morgan fingerprint density at radius 3 is 0.747 bits per heavy atom. The number of hydrogen-bond acceptors (Lipinski definition) is 10. The lowest BCUT2D eigenvalue weighted by molar-refractivity contribution is 0.0877. The van der Waals surface area contributed by atoms with Crippen molar-refractivity contribution in [3.63, 3.8) is 0 Å². The smallest absolute Gasteiger partial charge is 0.265 e. The van der Waals surface area contributed by atoms with Gasteiger partial charge in [-0.2, -0.15) is 0 Å². The Labute approximate surface area is 521 Å². The van der Waals surface area contributed by atoms with Crippen molar-refractivity contribution in [1.29, 1.82) is 0 Å².